The van der Waals surface area contributed by atoms with Crippen LogP contribution in [-0.4, -0.2) is 4.98 Å². The largest absolute Gasteiger partial charge is 0.261 e. The molecule has 2 nitrogen and oxygen atoms in total. The van der Waals surface area contributed by atoms with Crippen LogP contribution in [-0.2, 0) is 5.41 Å². The van der Waals surface area contributed by atoms with Crippen molar-refractivity contribution in [1.82, 2.24) is 4.98 Å². The van der Waals surface area contributed by atoms with Gasteiger partial charge in [-0.05, 0) is 25.0 Å². The van der Waals surface area contributed by atoms with Gasteiger partial charge in [-0.15, -0.1) is 0 Å². The molecule has 1 aromatic heterocycles. The summed E-state index contributed by atoms with van der Waals surface area (Å²) in [6, 6.07) is 8.37. The number of pyridine rings is 1. The number of nitrogens with zero attached hydrogens (tertiary/aromatic N) is 2. The second-order valence-electron chi connectivity index (χ2n) is 4.39. The maximum absolute atomic E-state index is 8.97. The topological polar surface area (TPSA) is 36.7 Å². The van der Waals surface area contributed by atoms with Crippen molar-refractivity contribution < 1.29 is 0 Å². The molecule has 0 aliphatic heterocycles. The van der Waals surface area contributed by atoms with Crippen LogP contribution in [0.15, 0.2) is 24.4 Å². The van der Waals surface area contributed by atoms with Gasteiger partial charge >= 0.3 is 0 Å². The fourth-order valence-corrected chi connectivity index (χ4v) is 2.58. The van der Waals surface area contributed by atoms with E-state index in [1.807, 2.05) is 18.3 Å². The van der Waals surface area contributed by atoms with E-state index in [9.17, 15) is 0 Å². The zero-order valence-electron chi connectivity index (χ0n) is 8.95. The molecule has 0 aromatic carbocycles. The van der Waals surface area contributed by atoms with E-state index in [-0.39, 0.29) is 5.41 Å². The summed E-state index contributed by atoms with van der Waals surface area (Å²) in [5.74, 6) is 0. The van der Waals surface area contributed by atoms with E-state index in [0.717, 1.165) is 18.5 Å². The average molecular weight is 200 g/mol. The molecule has 0 atom stereocenters. The van der Waals surface area contributed by atoms with Crippen LogP contribution < -0.4 is 0 Å². The van der Waals surface area contributed by atoms with Crippen molar-refractivity contribution in [1.29, 1.82) is 5.26 Å². The Kier molecular flexibility index (Phi) is 3.01. The number of rotatable bonds is 2. The van der Waals surface area contributed by atoms with Gasteiger partial charge in [-0.1, -0.05) is 25.3 Å². The Hall–Kier alpha value is -1.36. The molecule has 78 valence electrons. The maximum atomic E-state index is 8.97. The third-order valence-electron chi connectivity index (χ3n) is 3.44. The molecule has 0 saturated heterocycles. The molecule has 0 bridgehead atoms. The first-order valence-corrected chi connectivity index (χ1v) is 5.66. The Bertz CT molecular complexity index is 345. The van der Waals surface area contributed by atoms with Gasteiger partial charge in [0, 0.05) is 23.7 Å². The minimum Gasteiger partial charge on any atom is -0.261 e. The van der Waals surface area contributed by atoms with Crippen LogP contribution in [0.5, 0.6) is 0 Å². The molecule has 0 amide bonds. The molecule has 0 radical (unpaired) electrons. The van der Waals surface area contributed by atoms with Crippen LogP contribution in [0.3, 0.4) is 0 Å². The lowest BCUT2D eigenvalue weighted by atomic mass is 9.70. The highest BCUT2D eigenvalue weighted by molar-refractivity contribution is 5.19. The summed E-state index contributed by atoms with van der Waals surface area (Å²) < 4.78 is 0. The van der Waals surface area contributed by atoms with Gasteiger partial charge in [0.1, 0.15) is 0 Å². The zero-order chi connectivity index (χ0) is 10.6. The van der Waals surface area contributed by atoms with Crippen molar-refractivity contribution in [2.75, 3.05) is 0 Å². The summed E-state index contributed by atoms with van der Waals surface area (Å²) >= 11 is 0. The van der Waals surface area contributed by atoms with Crippen molar-refractivity contribution in [2.24, 2.45) is 0 Å². The van der Waals surface area contributed by atoms with E-state index in [1.54, 1.807) is 0 Å². The van der Waals surface area contributed by atoms with Crippen molar-refractivity contribution >= 4 is 0 Å². The van der Waals surface area contributed by atoms with Gasteiger partial charge in [0.15, 0.2) is 0 Å². The Morgan fingerprint density at radius 3 is 2.67 bits per heavy atom. The molecule has 0 unspecified atom stereocenters. The lowest BCUT2D eigenvalue weighted by Crippen LogP contribution is -2.29. The second kappa shape index (κ2) is 4.44. The third kappa shape index (κ3) is 2.02. The first-order chi connectivity index (χ1) is 7.37. The summed E-state index contributed by atoms with van der Waals surface area (Å²) in [5.41, 5.74) is 1.17. The molecular formula is C13H16N2. The van der Waals surface area contributed by atoms with Crippen molar-refractivity contribution in [3.63, 3.8) is 0 Å². The van der Waals surface area contributed by atoms with Crippen LogP contribution >= 0.6 is 0 Å². The van der Waals surface area contributed by atoms with Crippen molar-refractivity contribution in [3.8, 4) is 6.07 Å². The number of aromatic nitrogens is 1. The minimum absolute atomic E-state index is 0.0499. The van der Waals surface area contributed by atoms with Crippen LogP contribution in [0.25, 0.3) is 0 Å². The van der Waals surface area contributed by atoms with Gasteiger partial charge in [-0.3, -0.25) is 4.98 Å². The molecule has 1 heterocycles. The highest BCUT2D eigenvalue weighted by Gasteiger charge is 2.34. The number of hydrogen-bond acceptors (Lipinski definition) is 2. The molecule has 0 spiro atoms. The van der Waals surface area contributed by atoms with Gasteiger partial charge in [0.25, 0.3) is 0 Å². The molecule has 2 rings (SSSR count). The molecule has 2 heteroatoms. The van der Waals surface area contributed by atoms with Gasteiger partial charge in [-0.2, -0.15) is 5.26 Å². The number of nitriles is 1. The van der Waals surface area contributed by atoms with Crippen molar-refractivity contribution in [3.05, 3.63) is 30.1 Å². The highest BCUT2D eigenvalue weighted by atomic mass is 14.7. The predicted octanol–water partition coefficient (Wildman–Crippen LogP) is 3.20. The van der Waals surface area contributed by atoms with Crippen LogP contribution in [0.1, 0.15) is 44.2 Å². The minimum atomic E-state index is 0.0499. The molecule has 15 heavy (non-hydrogen) atoms. The molecule has 1 aromatic rings. The molecule has 1 fully saturated rings. The maximum Gasteiger partial charge on any atom is 0.0631 e. The summed E-state index contributed by atoms with van der Waals surface area (Å²) in [5, 5.41) is 8.97. The fraction of sp³-hybridized carbons (Fsp3) is 0.538. The molecular weight excluding hydrogens is 184 g/mol. The van der Waals surface area contributed by atoms with Gasteiger partial charge < -0.3 is 0 Å². The second-order valence-corrected chi connectivity index (χ2v) is 4.39. The van der Waals surface area contributed by atoms with E-state index >= 15 is 0 Å². The fourth-order valence-electron chi connectivity index (χ4n) is 2.58. The van der Waals surface area contributed by atoms with E-state index in [4.69, 9.17) is 5.26 Å². The van der Waals surface area contributed by atoms with E-state index < -0.39 is 0 Å². The number of hydrogen-bond donors (Lipinski definition) is 0. The Labute approximate surface area is 91.0 Å². The first-order valence-electron chi connectivity index (χ1n) is 5.66. The first kappa shape index (κ1) is 10.2. The highest BCUT2D eigenvalue weighted by Crippen LogP contribution is 2.40. The zero-order valence-corrected chi connectivity index (χ0v) is 8.95. The summed E-state index contributed by atoms with van der Waals surface area (Å²) in [4.78, 5) is 4.44. The van der Waals surface area contributed by atoms with E-state index in [1.165, 1.54) is 19.3 Å². The lowest BCUT2D eigenvalue weighted by Gasteiger charge is -2.34. The predicted molar refractivity (Wildman–Crippen MR) is 59.2 cm³/mol. The summed E-state index contributed by atoms with van der Waals surface area (Å²) in [6.07, 6.45) is 8.47. The van der Waals surface area contributed by atoms with Gasteiger partial charge in [0.2, 0.25) is 0 Å². The third-order valence-corrected chi connectivity index (χ3v) is 3.44. The molecule has 1 saturated carbocycles. The quantitative estimate of drug-likeness (QED) is 0.735. The smallest absolute Gasteiger partial charge is 0.0631 e. The lowest BCUT2D eigenvalue weighted by molar-refractivity contribution is 0.290. The standard InChI is InChI=1S/C13H16N2/c14-10-9-13(7-3-1-4-8-13)12-6-2-5-11-15-12/h2,5-6,11H,1,3-4,7-9H2. The molecule has 1 aliphatic carbocycles. The van der Waals surface area contributed by atoms with Gasteiger partial charge in [0.05, 0.1) is 6.07 Å². The van der Waals surface area contributed by atoms with Gasteiger partial charge in [-0.25, -0.2) is 0 Å². The van der Waals surface area contributed by atoms with Crippen LogP contribution in [0, 0.1) is 11.3 Å². The molecule has 0 N–H and O–H groups in total. The normalized spacial score (nSPS) is 19.4. The Morgan fingerprint density at radius 1 is 1.27 bits per heavy atom. The SMILES string of the molecule is N#CCC1(c2ccccn2)CCCCC1. The van der Waals surface area contributed by atoms with Crippen LogP contribution in [0.2, 0.25) is 0 Å². The summed E-state index contributed by atoms with van der Waals surface area (Å²) in [7, 11) is 0. The van der Waals surface area contributed by atoms with E-state index in [0.29, 0.717) is 6.42 Å². The Morgan fingerprint density at radius 2 is 2.07 bits per heavy atom. The monoisotopic (exact) mass is 200 g/mol. The Balaban J connectivity index is 2.30. The van der Waals surface area contributed by atoms with Crippen molar-refractivity contribution in [2.45, 2.75) is 43.9 Å². The van der Waals surface area contributed by atoms with Crippen LogP contribution in [0.4, 0.5) is 0 Å². The summed E-state index contributed by atoms with van der Waals surface area (Å²) in [6.45, 7) is 0. The average Bonchev–Trinajstić information content (AvgIpc) is 2.32. The van der Waals surface area contributed by atoms with E-state index in [2.05, 4.69) is 17.1 Å². The molecule has 1 aliphatic rings.